The normalized spacial score (nSPS) is 11.6. The van der Waals surface area contributed by atoms with Crippen LogP contribution >= 0.6 is 0 Å². The Kier molecular flexibility index (Phi) is 4.06. The van der Waals surface area contributed by atoms with Crippen molar-refractivity contribution < 1.29 is 13.5 Å². The van der Waals surface area contributed by atoms with Gasteiger partial charge in [-0.15, -0.1) is 5.10 Å². The van der Waals surface area contributed by atoms with Crippen LogP contribution in [0.25, 0.3) is 11.3 Å². The predicted octanol–water partition coefficient (Wildman–Crippen LogP) is 1.81. The van der Waals surface area contributed by atoms with Gasteiger partial charge < -0.3 is 5.11 Å². The number of sulfone groups is 1. The van der Waals surface area contributed by atoms with Crippen molar-refractivity contribution in [1.29, 1.82) is 0 Å². The maximum atomic E-state index is 11.7. The molecule has 3 aromatic rings. The average Bonchev–Trinajstić information content (AvgIpc) is 2.99. The second-order valence-electron chi connectivity index (χ2n) is 5.52. The van der Waals surface area contributed by atoms with E-state index in [-0.39, 0.29) is 17.2 Å². The van der Waals surface area contributed by atoms with E-state index in [9.17, 15) is 13.5 Å². The molecule has 0 saturated heterocycles. The molecular formula is C16H16N4O3S. The zero-order chi connectivity index (χ0) is 17.3. The smallest absolute Gasteiger partial charge is 0.175 e. The molecule has 0 spiro atoms. The van der Waals surface area contributed by atoms with Crippen LogP contribution in [-0.2, 0) is 16.4 Å². The summed E-state index contributed by atoms with van der Waals surface area (Å²) < 4.78 is 24.9. The van der Waals surface area contributed by atoms with Gasteiger partial charge in [0.1, 0.15) is 17.1 Å². The van der Waals surface area contributed by atoms with E-state index in [1.807, 2.05) is 6.92 Å². The Labute approximate surface area is 139 Å². The number of aromatic hydroxyl groups is 1. The molecule has 0 saturated carbocycles. The van der Waals surface area contributed by atoms with Crippen LogP contribution in [0.5, 0.6) is 5.75 Å². The summed E-state index contributed by atoms with van der Waals surface area (Å²) in [5.74, 6) is 0.0942. The number of hydrogen-bond donors (Lipinski definition) is 1. The summed E-state index contributed by atoms with van der Waals surface area (Å²) in [7, 11) is -3.28. The molecule has 0 fully saturated rings. The van der Waals surface area contributed by atoms with Gasteiger partial charge in [0, 0.05) is 17.5 Å². The molecule has 0 aliphatic carbocycles. The fourth-order valence-corrected chi connectivity index (χ4v) is 2.93. The molecule has 0 aliphatic rings. The number of pyridine rings is 1. The first kappa shape index (κ1) is 16.1. The average molecular weight is 344 g/mol. The summed E-state index contributed by atoms with van der Waals surface area (Å²) in [6.45, 7) is 2.11. The van der Waals surface area contributed by atoms with Crippen LogP contribution in [0.3, 0.4) is 0 Å². The number of hydrogen-bond acceptors (Lipinski definition) is 6. The molecule has 2 heterocycles. The van der Waals surface area contributed by atoms with E-state index in [2.05, 4.69) is 15.3 Å². The van der Waals surface area contributed by atoms with E-state index in [1.165, 1.54) is 6.07 Å². The fraction of sp³-hybridized carbons (Fsp3) is 0.188. The molecule has 2 aromatic heterocycles. The molecule has 0 atom stereocenters. The lowest BCUT2D eigenvalue weighted by molar-refractivity contribution is 0.457. The first-order valence-corrected chi connectivity index (χ1v) is 9.08. The third-order valence-corrected chi connectivity index (χ3v) is 4.61. The molecule has 0 aliphatic heterocycles. The SMILES string of the molecule is Cc1ccc(O)c(Cn2cc(-c3cccc(S(C)(=O)=O)c3)nn2)n1. The van der Waals surface area contributed by atoms with Crippen LogP contribution < -0.4 is 0 Å². The van der Waals surface area contributed by atoms with Gasteiger partial charge in [0.05, 0.1) is 17.6 Å². The van der Waals surface area contributed by atoms with Gasteiger partial charge in [-0.05, 0) is 31.2 Å². The van der Waals surface area contributed by atoms with Gasteiger partial charge in [0.2, 0.25) is 0 Å². The largest absolute Gasteiger partial charge is 0.506 e. The topological polar surface area (TPSA) is 98.0 Å². The number of benzene rings is 1. The monoisotopic (exact) mass is 344 g/mol. The van der Waals surface area contributed by atoms with E-state index < -0.39 is 9.84 Å². The Bertz CT molecular complexity index is 996. The van der Waals surface area contributed by atoms with Crippen LogP contribution in [0.15, 0.2) is 47.5 Å². The second kappa shape index (κ2) is 6.04. The molecule has 0 radical (unpaired) electrons. The van der Waals surface area contributed by atoms with E-state index in [1.54, 1.807) is 41.2 Å². The van der Waals surface area contributed by atoms with Gasteiger partial charge in [-0.1, -0.05) is 17.3 Å². The zero-order valence-electron chi connectivity index (χ0n) is 13.2. The summed E-state index contributed by atoms with van der Waals surface area (Å²) in [5.41, 5.74) is 2.50. The quantitative estimate of drug-likeness (QED) is 0.775. The van der Waals surface area contributed by atoms with Gasteiger partial charge in [-0.3, -0.25) is 4.98 Å². The summed E-state index contributed by atoms with van der Waals surface area (Å²) in [4.78, 5) is 4.51. The molecule has 1 aromatic carbocycles. The van der Waals surface area contributed by atoms with E-state index in [4.69, 9.17) is 0 Å². The summed E-state index contributed by atoms with van der Waals surface area (Å²) in [6, 6.07) is 9.85. The molecule has 0 bridgehead atoms. The molecule has 7 nitrogen and oxygen atoms in total. The molecule has 0 amide bonds. The van der Waals surface area contributed by atoms with Crippen molar-refractivity contribution in [3.05, 3.63) is 54.0 Å². The number of aryl methyl sites for hydroxylation is 1. The summed E-state index contributed by atoms with van der Waals surface area (Å²) >= 11 is 0. The lowest BCUT2D eigenvalue weighted by Gasteiger charge is -2.04. The third kappa shape index (κ3) is 3.43. The standard InChI is InChI=1S/C16H16N4O3S/c1-11-6-7-16(21)15(17-11)10-20-9-14(18-19-20)12-4-3-5-13(8-12)24(2,22)23/h3-9,21H,10H2,1-2H3. The van der Waals surface area contributed by atoms with Crippen molar-refractivity contribution in [2.45, 2.75) is 18.4 Å². The van der Waals surface area contributed by atoms with Crippen molar-refractivity contribution in [2.75, 3.05) is 6.26 Å². The second-order valence-corrected chi connectivity index (χ2v) is 7.54. The van der Waals surface area contributed by atoms with Gasteiger partial charge in [0.25, 0.3) is 0 Å². The van der Waals surface area contributed by atoms with Gasteiger partial charge in [-0.25, -0.2) is 13.1 Å². The van der Waals surface area contributed by atoms with Gasteiger partial charge in [0.15, 0.2) is 9.84 Å². The highest BCUT2D eigenvalue weighted by Crippen LogP contribution is 2.21. The van der Waals surface area contributed by atoms with E-state index in [0.29, 0.717) is 17.0 Å². The van der Waals surface area contributed by atoms with Gasteiger partial charge >= 0.3 is 0 Å². The number of nitrogens with zero attached hydrogens (tertiary/aromatic N) is 4. The lowest BCUT2D eigenvalue weighted by Crippen LogP contribution is -2.03. The Hall–Kier alpha value is -2.74. The van der Waals surface area contributed by atoms with Crippen molar-refractivity contribution in [1.82, 2.24) is 20.0 Å². The Morgan fingerprint density at radius 2 is 2.00 bits per heavy atom. The van der Waals surface area contributed by atoms with Gasteiger partial charge in [-0.2, -0.15) is 0 Å². The van der Waals surface area contributed by atoms with E-state index in [0.717, 1.165) is 11.9 Å². The van der Waals surface area contributed by atoms with Crippen LogP contribution in [0.2, 0.25) is 0 Å². The first-order chi connectivity index (χ1) is 11.3. The predicted molar refractivity (Wildman–Crippen MR) is 88.3 cm³/mol. The maximum Gasteiger partial charge on any atom is 0.175 e. The van der Waals surface area contributed by atoms with Crippen LogP contribution in [0.4, 0.5) is 0 Å². The van der Waals surface area contributed by atoms with Crippen LogP contribution in [0.1, 0.15) is 11.4 Å². The summed E-state index contributed by atoms with van der Waals surface area (Å²) in [5, 5.41) is 17.9. The van der Waals surface area contributed by atoms with Crippen molar-refractivity contribution in [3.63, 3.8) is 0 Å². The Balaban J connectivity index is 1.90. The zero-order valence-corrected chi connectivity index (χ0v) is 14.0. The Morgan fingerprint density at radius 3 is 2.75 bits per heavy atom. The molecule has 0 unspecified atom stereocenters. The maximum absolute atomic E-state index is 11.7. The van der Waals surface area contributed by atoms with Crippen LogP contribution in [0, 0.1) is 6.92 Å². The van der Waals surface area contributed by atoms with Crippen molar-refractivity contribution >= 4 is 9.84 Å². The summed E-state index contributed by atoms with van der Waals surface area (Å²) in [6.07, 6.45) is 2.85. The number of rotatable bonds is 4. The minimum Gasteiger partial charge on any atom is -0.506 e. The fourth-order valence-electron chi connectivity index (χ4n) is 2.27. The Morgan fingerprint density at radius 1 is 1.21 bits per heavy atom. The minimum absolute atomic E-state index is 0.0942. The highest BCUT2D eigenvalue weighted by atomic mass is 32.2. The van der Waals surface area contributed by atoms with Crippen LogP contribution in [-0.4, -0.2) is 39.8 Å². The van der Waals surface area contributed by atoms with E-state index >= 15 is 0 Å². The lowest BCUT2D eigenvalue weighted by atomic mass is 10.2. The third-order valence-electron chi connectivity index (χ3n) is 3.50. The molecule has 8 heteroatoms. The van der Waals surface area contributed by atoms with Crippen molar-refractivity contribution in [2.24, 2.45) is 0 Å². The van der Waals surface area contributed by atoms with Crippen molar-refractivity contribution in [3.8, 4) is 17.0 Å². The highest BCUT2D eigenvalue weighted by Gasteiger charge is 2.11. The molecule has 24 heavy (non-hydrogen) atoms. The molecule has 124 valence electrons. The molecule has 1 N–H and O–H groups in total. The molecular weight excluding hydrogens is 328 g/mol. The highest BCUT2D eigenvalue weighted by molar-refractivity contribution is 7.90. The first-order valence-electron chi connectivity index (χ1n) is 7.19. The minimum atomic E-state index is -3.28. The molecule has 3 rings (SSSR count). The number of aromatic nitrogens is 4.